The number of nitrogens with one attached hydrogen (secondary N) is 1. The molecule has 1 saturated heterocycles. The number of nitrogens with zero attached hydrogens (tertiary/aromatic N) is 1. The number of hydrogen-bond donors (Lipinski definition) is 2. The Morgan fingerprint density at radius 1 is 1.44 bits per heavy atom. The molecule has 1 aromatic carbocycles. The second-order valence-corrected chi connectivity index (χ2v) is 4.91. The Kier molecular flexibility index (Phi) is 4.20. The summed E-state index contributed by atoms with van der Waals surface area (Å²) in [4.78, 5) is 14.1. The summed E-state index contributed by atoms with van der Waals surface area (Å²) in [5.41, 5.74) is 6.62. The van der Waals surface area contributed by atoms with Gasteiger partial charge in [0.2, 0.25) is 0 Å². The number of para-hydroxylation sites is 1. The number of hydrogen-bond acceptors (Lipinski definition) is 2. The predicted octanol–water partition coefficient (Wildman–Crippen LogP) is 2.28. The van der Waals surface area contributed by atoms with Crippen LogP contribution in [0.25, 0.3) is 0 Å². The van der Waals surface area contributed by atoms with Crippen molar-refractivity contribution in [2.75, 3.05) is 18.4 Å². The maximum atomic E-state index is 12.2. The first-order valence-electron chi connectivity index (χ1n) is 6.55. The summed E-state index contributed by atoms with van der Waals surface area (Å²) in [5.74, 6) is 0.477. The highest BCUT2D eigenvalue weighted by Crippen LogP contribution is 2.23. The number of carbonyl (C=O) groups is 1. The Morgan fingerprint density at radius 3 is 2.83 bits per heavy atom. The van der Waals surface area contributed by atoms with Gasteiger partial charge in [0.25, 0.3) is 0 Å². The number of rotatable bonds is 2. The Hall–Kier alpha value is -1.55. The molecule has 98 valence electrons. The van der Waals surface area contributed by atoms with E-state index in [1.807, 2.05) is 35.2 Å². The van der Waals surface area contributed by atoms with Crippen LogP contribution in [-0.2, 0) is 0 Å². The van der Waals surface area contributed by atoms with Crippen molar-refractivity contribution in [2.24, 2.45) is 11.7 Å². The van der Waals surface area contributed by atoms with Gasteiger partial charge in [-0.25, -0.2) is 4.79 Å². The van der Waals surface area contributed by atoms with Crippen molar-refractivity contribution in [3.63, 3.8) is 0 Å². The Morgan fingerprint density at radius 2 is 2.17 bits per heavy atom. The van der Waals surface area contributed by atoms with Crippen LogP contribution in [0.5, 0.6) is 0 Å². The van der Waals surface area contributed by atoms with Crippen molar-refractivity contribution in [3.05, 3.63) is 30.3 Å². The van der Waals surface area contributed by atoms with Crippen LogP contribution in [0.1, 0.15) is 19.8 Å². The minimum absolute atomic E-state index is 0.0387. The number of carbonyl (C=O) groups excluding carboxylic acids is 1. The van der Waals surface area contributed by atoms with Gasteiger partial charge in [-0.1, -0.05) is 25.1 Å². The van der Waals surface area contributed by atoms with Crippen LogP contribution < -0.4 is 11.1 Å². The van der Waals surface area contributed by atoms with Crippen LogP contribution in [-0.4, -0.2) is 30.1 Å². The van der Waals surface area contributed by atoms with Gasteiger partial charge in [0, 0.05) is 24.8 Å². The summed E-state index contributed by atoms with van der Waals surface area (Å²) >= 11 is 0. The molecule has 4 heteroatoms. The number of urea groups is 1. The Labute approximate surface area is 108 Å². The first-order valence-corrected chi connectivity index (χ1v) is 6.55. The molecule has 1 aliphatic rings. The molecule has 1 aliphatic heterocycles. The molecule has 0 radical (unpaired) electrons. The molecule has 2 rings (SSSR count). The zero-order valence-electron chi connectivity index (χ0n) is 10.8. The lowest BCUT2D eigenvalue weighted by atomic mass is 9.91. The van der Waals surface area contributed by atoms with Gasteiger partial charge in [-0.2, -0.15) is 0 Å². The summed E-state index contributed by atoms with van der Waals surface area (Å²) in [6.07, 6.45) is 2.21. The van der Waals surface area contributed by atoms with E-state index in [4.69, 9.17) is 5.73 Å². The first-order chi connectivity index (χ1) is 8.72. The quantitative estimate of drug-likeness (QED) is 0.842. The zero-order chi connectivity index (χ0) is 13.0. The highest BCUT2D eigenvalue weighted by atomic mass is 16.2. The fourth-order valence-electron chi connectivity index (χ4n) is 2.58. The van der Waals surface area contributed by atoms with Gasteiger partial charge in [-0.3, -0.25) is 0 Å². The van der Waals surface area contributed by atoms with Gasteiger partial charge in [0.05, 0.1) is 0 Å². The minimum atomic E-state index is -0.0387. The third-order valence-corrected chi connectivity index (χ3v) is 3.64. The van der Waals surface area contributed by atoms with Crippen molar-refractivity contribution < 1.29 is 4.79 Å². The second kappa shape index (κ2) is 5.87. The summed E-state index contributed by atoms with van der Waals surface area (Å²) in [5, 5.41) is 2.93. The van der Waals surface area contributed by atoms with E-state index in [1.54, 1.807) is 0 Å². The third-order valence-electron chi connectivity index (χ3n) is 3.64. The zero-order valence-corrected chi connectivity index (χ0v) is 10.8. The smallest absolute Gasteiger partial charge is 0.322 e. The number of anilines is 1. The fraction of sp³-hybridized carbons (Fsp3) is 0.500. The second-order valence-electron chi connectivity index (χ2n) is 4.91. The normalized spacial score (nSPS) is 23.8. The third kappa shape index (κ3) is 2.82. The summed E-state index contributed by atoms with van der Waals surface area (Å²) in [6.45, 7) is 3.49. The average Bonchev–Trinajstić information content (AvgIpc) is 2.39. The highest BCUT2D eigenvalue weighted by molar-refractivity contribution is 5.89. The van der Waals surface area contributed by atoms with Crippen LogP contribution in [0.3, 0.4) is 0 Å². The largest absolute Gasteiger partial charge is 0.328 e. The monoisotopic (exact) mass is 247 g/mol. The van der Waals surface area contributed by atoms with Gasteiger partial charge >= 0.3 is 6.03 Å². The van der Waals surface area contributed by atoms with E-state index in [0.29, 0.717) is 12.5 Å². The lowest BCUT2D eigenvalue weighted by molar-refractivity contribution is 0.133. The molecular formula is C14H21N3O. The van der Waals surface area contributed by atoms with Crippen molar-refractivity contribution in [3.8, 4) is 0 Å². The van der Waals surface area contributed by atoms with Crippen LogP contribution >= 0.6 is 0 Å². The van der Waals surface area contributed by atoms with E-state index in [-0.39, 0.29) is 12.1 Å². The standard InChI is InChI=1S/C14H21N3O/c1-11-6-5-9-17(13(11)10-15)14(18)16-12-7-3-2-4-8-12/h2-4,7-8,11,13H,5-6,9-10,15H2,1H3,(H,16,18). The van der Waals surface area contributed by atoms with Gasteiger partial charge in [-0.15, -0.1) is 0 Å². The first kappa shape index (κ1) is 12.9. The number of amides is 2. The molecular weight excluding hydrogens is 226 g/mol. The molecule has 2 atom stereocenters. The van der Waals surface area contributed by atoms with Crippen LogP contribution in [0, 0.1) is 5.92 Å². The van der Waals surface area contributed by atoms with Crippen molar-refractivity contribution >= 4 is 11.7 Å². The van der Waals surface area contributed by atoms with Crippen molar-refractivity contribution in [1.29, 1.82) is 0 Å². The topological polar surface area (TPSA) is 58.4 Å². The maximum Gasteiger partial charge on any atom is 0.322 e. The number of benzene rings is 1. The molecule has 1 heterocycles. The molecule has 4 nitrogen and oxygen atoms in total. The molecule has 0 saturated carbocycles. The lowest BCUT2D eigenvalue weighted by Crippen LogP contribution is -2.52. The van der Waals surface area contributed by atoms with Crippen molar-refractivity contribution in [1.82, 2.24) is 4.90 Å². The molecule has 2 amide bonds. The predicted molar refractivity (Wildman–Crippen MR) is 73.4 cm³/mol. The summed E-state index contributed by atoms with van der Waals surface area (Å²) in [6, 6.07) is 9.65. The molecule has 0 spiro atoms. The molecule has 0 aliphatic carbocycles. The van der Waals surface area contributed by atoms with Gasteiger partial charge in [0.15, 0.2) is 0 Å². The summed E-state index contributed by atoms with van der Waals surface area (Å²) in [7, 11) is 0. The van der Waals surface area contributed by atoms with Crippen LogP contribution in [0.4, 0.5) is 10.5 Å². The van der Waals surface area contributed by atoms with Gasteiger partial charge < -0.3 is 16.0 Å². The number of nitrogens with two attached hydrogens (primary N) is 1. The molecule has 1 fully saturated rings. The SMILES string of the molecule is CC1CCCN(C(=O)Nc2ccccc2)C1CN. The van der Waals surface area contributed by atoms with E-state index in [1.165, 1.54) is 0 Å². The number of likely N-dealkylation sites (tertiary alicyclic amines) is 1. The van der Waals surface area contributed by atoms with Crippen molar-refractivity contribution in [2.45, 2.75) is 25.8 Å². The highest BCUT2D eigenvalue weighted by Gasteiger charge is 2.30. The summed E-state index contributed by atoms with van der Waals surface area (Å²) < 4.78 is 0. The molecule has 18 heavy (non-hydrogen) atoms. The molecule has 1 aromatic rings. The van der Waals surface area contributed by atoms with Gasteiger partial charge in [-0.05, 0) is 30.9 Å². The average molecular weight is 247 g/mol. The minimum Gasteiger partial charge on any atom is -0.328 e. The van der Waals surface area contributed by atoms with Crippen LogP contribution in [0.15, 0.2) is 30.3 Å². The van der Waals surface area contributed by atoms with E-state index < -0.39 is 0 Å². The molecule has 3 N–H and O–H groups in total. The molecule has 0 aromatic heterocycles. The molecule has 0 bridgehead atoms. The van der Waals surface area contributed by atoms with E-state index in [0.717, 1.165) is 25.1 Å². The Balaban J connectivity index is 2.03. The van der Waals surface area contributed by atoms with Crippen LogP contribution in [0.2, 0.25) is 0 Å². The number of piperidine rings is 1. The lowest BCUT2D eigenvalue weighted by Gasteiger charge is -2.39. The van der Waals surface area contributed by atoms with Gasteiger partial charge in [0.1, 0.15) is 0 Å². The van der Waals surface area contributed by atoms with E-state index in [9.17, 15) is 4.79 Å². The fourth-order valence-corrected chi connectivity index (χ4v) is 2.58. The maximum absolute atomic E-state index is 12.2. The molecule has 2 unspecified atom stereocenters. The van der Waals surface area contributed by atoms with E-state index >= 15 is 0 Å². The Bertz CT molecular complexity index is 393. The van der Waals surface area contributed by atoms with E-state index in [2.05, 4.69) is 12.2 Å².